The van der Waals surface area contributed by atoms with Crippen molar-refractivity contribution in [2.75, 3.05) is 7.11 Å². The van der Waals surface area contributed by atoms with Crippen LogP contribution in [0.5, 0.6) is 5.75 Å². The molecule has 0 bridgehead atoms. The highest BCUT2D eigenvalue weighted by molar-refractivity contribution is 9.10. The Morgan fingerprint density at radius 2 is 2.12 bits per heavy atom. The topological polar surface area (TPSA) is 53.1 Å². The van der Waals surface area contributed by atoms with E-state index in [9.17, 15) is 0 Å². The molecule has 0 aliphatic rings. The summed E-state index contributed by atoms with van der Waals surface area (Å²) in [4.78, 5) is 0. The van der Waals surface area contributed by atoms with E-state index in [2.05, 4.69) is 21.0 Å². The first-order chi connectivity index (χ1) is 8.15. The molecule has 1 atom stereocenters. The number of nitrogens with two attached hydrogens (primary N) is 1. The monoisotopic (exact) mass is 295 g/mol. The fraction of sp³-hybridized carbons (Fsp3) is 0.250. The fourth-order valence-electron chi connectivity index (χ4n) is 1.81. The van der Waals surface area contributed by atoms with Gasteiger partial charge in [-0.2, -0.15) is 5.10 Å². The van der Waals surface area contributed by atoms with E-state index in [0.29, 0.717) is 5.75 Å². The van der Waals surface area contributed by atoms with E-state index >= 15 is 0 Å². The zero-order chi connectivity index (χ0) is 12.4. The first kappa shape index (κ1) is 12.1. The minimum absolute atomic E-state index is 0.270. The molecule has 5 heteroatoms. The summed E-state index contributed by atoms with van der Waals surface area (Å²) in [5, 5.41) is 4.16. The number of hydrogen-bond acceptors (Lipinski definition) is 3. The Hall–Kier alpha value is -1.33. The number of aromatic nitrogens is 2. The molecule has 1 aromatic heterocycles. The highest BCUT2D eigenvalue weighted by Crippen LogP contribution is 2.31. The average molecular weight is 296 g/mol. The first-order valence-corrected chi connectivity index (χ1v) is 6.00. The van der Waals surface area contributed by atoms with Gasteiger partial charge in [0.25, 0.3) is 0 Å². The van der Waals surface area contributed by atoms with Gasteiger partial charge in [0.05, 0.1) is 19.3 Å². The molecular weight excluding hydrogens is 282 g/mol. The summed E-state index contributed by atoms with van der Waals surface area (Å²) < 4.78 is 7.99. The van der Waals surface area contributed by atoms with Gasteiger partial charge in [-0.3, -0.25) is 4.68 Å². The molecule has 4 nitrogen and oxygen atoms in total. The lowest BCUT2D eigenvalue weighted by atomic mass is 10.0. The van der Waals surface area contributed by atoms with Gasteiger partial charge in [-0.1, -0.05) is 34.1 Å². The van der Waals surface area contributed by atoms with E-state index in [1.165, 1.54) is 0 Å². The number of benzene rings is 1. The van der Waals surface area contributed by atoms with Crippen molar-refractivity contribution in [2.45, 2.75) is 6.04 Å². The van der Waals surface area contributed by atoms with Crippen LogP contribution in [0.15, 0.2) is 34.9 Å². The van der Waals surface area contributed by atoms with Crippen LogP contribution in [0.3, 0.4) is 0 Å². The first-order valence-electron chi connectivity index (χ1n) is 5.21. The Morgan fingerprint density at radius 1 is 1.41 bits per heavy atom. The summed E-state index contributed by atoms with van der Waals surface area (Å²) in [6.45, 7) is 0. The van der Waals surface area contributed by atoms with Crippen molar-refractivity contribution in [1.82, 2.24) is 9.78 Å². The molecule has 1 unspecified atom stereocenters. The maximum absolute atomic E-state index is 6.27. The van der Waals surface area contributed by atoms with Crippen molar-refractivity contribution in [2.24, 2.45) is 12.8 Å². The predicted octanol–water partition coefficient (Wildman–Crippen LogP) is 2.24. The van der Waals surface area contributed by atoms with Crippen molar-refractivity contribution in [3.8, 4) is 5.75 Å². The summed E-state index contributed by atoms with van der Waals surface area (Å²) >= 11 is 3.50. The van der Waals surface area contributed by atoms with E-state index in [1.807, 2.05) is 31.3 Å². The van der Waals surface area contributed by atoms with Gasteiger partial charge in [0, 0.05) is 11.5 Å². The Morgan fingerprint density at radius 3 is 2.76 bits per heavy atom. The van der Waals surface area contributed by atoms with E-state index in [0.717, 1.165) is 15.7 Å². The second kappa shape index (κ2) is 4.89. The molecule has 0 radical (unpaired) electrons. The highest BCUT2D eigenvalue weighted by atomic mass is 79.9. The molecule has 0 saturated carbocycles. The molecule has 0 amide bonds. The van der Waals surface area contributed by atoms with E-state index in [-0.39, 0.29) is 6.04 Å². The van der Waals surface area contributed by atoms with Gasteiger partial charge in [0.2, 0.25) is 0 Å². The third-order valence-corrected chi connectivity index (χ3v) is 3.43. The molecule has 0 fully saturated rings. The van der Waals surface area contributed by atoms with Crippen LogP contribution in [0, 0.1) is 0 Å². The third-order valence-electron chi connectivity index (χ3n) is 2.70. The van der Waals surface area contributed by atoms with Crippen molar-refractivity contribution in [3.63, 3.8) is 0 Å². The van der Waals surface area contributed by atoms with Crippen LogP contribution < -0.4 is 10.5 Å². The lowest BCUT2D eigenvalue weighted by Gasteiger charge is -2.15. The predicted molar refractivity (Wildman–Crippen MR) is 69.9 cm³/mol. The number of methoxy groups -OCH3 is 1. The van der Waals surface area contributed by atoms with Crippen LogP contribution in [0.4, 0.5) is 0 Å². The Kier molecular flexibility index (Phi) is 3.49. The van der Waals surface area contributed by atoms with Gasteiger partial charge in [0.1, 0.15) is 5.69 Å². The lowest BCUT2D eigenvalue weighted by molar-refractivity contribution is 0.406. The van der Waals surface area contributed by atoms with E-state index < -0.39 is 0 Å². The largest absolute Gasteiger partial charge is 0.493 e. The van der Waals surface area contributed by atoms with Crippen LogP contribution in [-0.2, 0) is 7.05 Å². The van der Waals surface area contributed by atoms with Crippen LogP contribution in [0.1, 0.15) is 17.3 Å². The molecule has 0 saturated heterocycles. The van der Waals surface area contributed by atoms with E-state index in [4.69, 9.17) is 10.5 Å². The summed E-state index contributed by atoms with van der Waals surface area (Å²) in [7, 11) is 3.47. The zero-order valence-electron chi connectivity index (χ0n) is 9.72. The molecular formula is C12H14BrN3O. The molecule has 2 N–H and O–H groups in total. The van der Waals surface area contributed by atoms with Gasteiger partial charge in [-0.05, 0) is 11.6 Å². The van der Waals surface area contributed by atoms with Crippen molar-refractivity contribution < 1.29 is 4.74 Å². The van der Waals surface area contributed by atoms with Gasteiger partial charge in [0.15, 0.2) is 5.75 Å². The summed E-state index contributed by atoms with van der Waals surface area (Å²) in [5.74, 6) is 0.704. The molecule has 2 aromatic rings. The Balaban J connectivity index is 2.47. The van der Waals surface area contributed by atoms with Crippen LogP contribution >= 0.6 is 15.9 Å². The number of rotatable bonds is 3. The van der Waals surface area contributed by atoms with Crippen LogP contribution in [0.2, 0.25) is 0 Å². The maximum atomic E-state index is 6.27. The third kappa shape index (κ3) is 2.21. The molecule has 0 aliphatic heterocycles. The van der Waals surface area contributed by atoms with Crippen LogP contribution in [0.25, 0.3) is 0 Å². The Bertz CT molecular complexity index is 524. The number of ether oxygens (including phenoxy) is 1. The SMILES string of the molecule is COc1cnn(C)c1C(N)c1ccccc1Br. The molecule has 0 spiro atoms. The molecule has 1 aromatic carbocycles. The highest BCUT2D eigenvalue weighted by Gasteiger charge is 2.20. The van der Waals surface area contributed by atoms with E-state index in [1.54, 1.807) is 18.0 Å². The minimum Gasteiger partial charge on any atom is -0.493 e. The maximum Gasteiger partial charge on any atom is 0.161 e. The zero-order valence-corrected chi connectivity index (χ0v) is 11.3. The normalized spacial score (nSPS) is 12.5. The minimum atomic E-state index is -0.270. The number of halogens is 1. The molecule has 2 rings (SSSR count). The van der Waals surface area contributed by atoms with Gasteiger partial charge >= 0.3 is 0 Å². The smallest absolute Gasteiger partial charge is 0.161 e. The van der Waals surface area contributed by atoms with Crippen LogP contribution in [-0.4, -0.2) is 16.9 Å². The summed E-state index contributed by atoms with van der Waals surface area (Å²) in [5.41, 5.74) is 8.14. The molecule has 90 valence electrons. The van der Waals surface area contributed by atoms with Crippen molar-refractivity contribution in [3.05, 3.63) is 46.2 Å². The fourth-order valence-corrected chi connectivity index (χ4v) is 2.34. The van der Waals surface area contributed by atoms with Gasteiger partial charge in [-0.15, -0.1) is 0 Å². The second-order valence-corrected chi connectivity index (χ2v) is 4.58. The Labute approximate surface area is 109 Å². The average Bonchev–Trinajstić information content (AvgIpc) is 2.70. The number of hydrogen-bond donors (Lipinski definition) is 1. The number of nitrogens with zero attached hydrogens (tertiary/aromatic N) is 2. The van der Waals surface area contributed by atoms with Gasteiger partial charge < -0.3 is 10.5 Å². The summed E-state index contributed by atoms with van der Waals surface area (Å²) in [6.07, 6.45) is 1.67. The molecule has 1 heterocycles. The van der Waals surface area contributed by atoms with Crippen molar-refractivity contribution >= 4 is 15.9 Å². The second-order valence-electron chi connectivity index (χ2n) is 3.72. The molecule has 0 aliphatic carbocycles. The lowest BCUT2D eigenvalue weighted by Crippen LogP contribution is -2.17. The summed E-state index contributed by atoms with van der Waals surface area (Å²) in [6, 6.07) is 7.61. The van der Waals surface area contributed by atoms with Crippen molar-refractivity contribution in [1.29, 1.82) is 0 Å². The number of aryl methyl sites for hydroxylation is 1. The molecule has 17 heavy (non-hydrogen) atoms. The quantitative estimate of drug-likeness (QED) is 0.945. The standard InChI is InChI=1S/C12H14BrN3O/c1-16-12(10(17-2)7-15-16)11(14)8-5-3-4-6-9(8)13/h3-7,11H,14H2,1-2H3. The van der Waals surface area contributed by atoms with Gasteiger partial charge in [-0.25, -0.2) is 0 Å².